The third-order valence-electron chi connectivity index (χ3n) is 3.32. The van der Waals surface area contributed by atoms with Crippen LogP contribution in [0.3, 0.4) is 0 Å². The highest BCUT2D eigenvalue weighted by Gasteiger charge is 2.43. The van der Waals surface area contributed by atoms with E-state index < -0.39 is 11.5 Å². The molecule has 0 aliphatic carbocycles. The monoisotopic (exact) mass is 277 g/mol. The topological polar surface area (TPSA) is 21.3 Å². The van der Waals surface area contributed by atoms with Gasteiger partial charge in [-0.15, -0.1) is 12.4 Å². The van der Waals surface area contributed by atoms with Crippen molar-refractivity contribution in [3.8, 4) is 5.75 Å². The van der Waals surface area contributed by atoms with Crippen LogP contribution < -0.4 is 10.1 Å². The lowest BCUT2D eigenvalue weighted by molar-refractivity contribution is -0.0611. The van der Waals surface area contributed by atoms with E-state index >= 15 is 0 Å². The molecule has 0 bridgehead atoms. The zero-order chi connectivity index (χ0) is 12.5. The van der Waals surface area contributed by atoms with E-state index in [1.165, 1.54) is 0 Å². The Labute approximate surface area is 112 Å². The molecule has 1 unspecified atom stereocenters. The van der Waals surface area contributed by atoms with Gasteiger partial charge < -0.3 is 10.1 Å². The van der Waals surface area contributed by atoms with Crippen LogP contribution >= 0.6 is 12.4 Å². The van der Waals surface area contributed by atoms with Crippen LogP contribution in [0.25, 0.3) is 0 Å². The number of nitrogens with one attached hydrogen (secondary N) is 1. The van der Waals surface area contributed by atoms with Gasteiger partial charge in [0.15, 0.2) is 0 Å². The van der Waals surface area contributed by atoms with Crippen molar-refractivity contribution in [2.45, 2.75) is 31.2 Å². The average Bonchev–Trinajstić information content (AvgIpc) is 2.27. The highest BCUT2D eigenvalue weighted by molar-refractivity contribution is 5.85. The Bertz CT molecular complexity index is 414. The largest absolute Gasteiger partial charge is 0.497 e. The summed E-state index contributed by atoms with van der Waals surface area (Å²) in [6, 6.07) is 7.31. The van der Waals surface area contributed by atoms with Gasteiger partial charge in [-0.25, -0.2) is 8.78 Å². The molecule has 1 atom stereocenters. The van der Waals surface area contributed by atoms with Crippen LogP contribution in [0.1, 0.15) is 25.3 Å². The van der Waals surface area contributed by atoms with Crippen molar-refractivity contribution in [1.29, 1.82) is 0 Å². The van der Waals surface area contributed by atoms with Gasteiger partial charge >= 0.3 is 0 Å². The molecule has 1 aromatic rings. The predicted octanol–water partition coefficient (Wildman–Crippen LogP) is 3.35. The van der Waals surface area contributed by atoms with Gasteiger partial charge in [0.05, 0.1) is 7.11 Å². The summed E-state index contributed by atoms with van der Waals surface area (Å²) in [5, 5.41) is 3.18. The van der Waals surface area contributed by atoms with Crippen LogP contribution in [0, 0.1) is 0 Å². The Morgan fingerprint density at radius 2 is 2.06 bits per heavy atom. The first-order valence-corrected chi connectivity index (χ1v) is 5.73. The lowest BCUT2D eigenvalue weighted by Crippen LogP contribution is -2.50. The van der Waals surface area contributed by atoms with Gasteiger partial charge in [0, 0.05) is 24.9 Å². The number of hydrogen-bond donors (Lipinski definition) is 1. The second kappa shape index (κ2) is 5.41. The van der Waals surface area contributed by atoms with Crippen LogP contribution in [0.15, 0.2) is 24.3 Å². The fourth-order valence-electron chi connectivity index (χ4n) is 2.36. The molecule has 1 aliphatic heterocycles. The first-order valence-electron chi connectivity index (χ1n) is 5.73. The molecule has 0 amide bonds. The van der Waals surface area contributed by atoms with E-state index in [0.717, 1.165) is 5.56 Å². The molecule has 1 heterocycles. The minimum absolute atomic E-state index is 0. The highest BCUT2D eigenvalue weighted by Crippen LogP contribution is 2.39. The third-order valence-corrected chi connectivity index (χ3v) is 3.32. The molecule has 1 aliphatic rings. The number of benzene rings is 1. The fourth-order valence-corrected chi connectivity index (χ4v) is 2.36. The van der Waals surface area contributed by atoms with Gasteiger partial charge in [0.1, 0.15) is 5.75 Å². The summed E-state index contributed by atoms with van der Waals surface area (Å²) in [6.07, 6.45) is -0.264. The van der Waals surface area contributed by atoms with Crippen molar-refractivity contribution in [3.05, 3.63) is 29.8 Å². The lowest BCUT2D eigenvalue weighted by atomic mass is 9.82. The maximum Gasteiger partial charge on any atom is 0.251 e. The quantitative estimate of drug-likeness (QED) is 0.895. The SMILES string of the molecule is COc1cccc(C2(C)CC(F)(F)CCN2)c1.Cl. The van der Waals surface area contributed by atoms with E-state index in [-0.39, 0.29) is 25.2 Å². The lowest BCUT2D eigenvalue weighted by Gasteiger charge is -2.39. The van der Waals surface area contributed by atoms with E-state index in [1.807, 2.05) is 31.2 Å². The van der Waals surface area contributed by atoms with Crippen molar-refractivity contribution in [3.63, 3.8) is 0 Å². The number of rotatable bonds is 2. The Morgan fingerprint density at radius 1 is 1.33 bits per heavy atom. The Kier molecular flexibility index (Phi) is 4.56. The minimum Gasteiger partial charge on any atom is -0.497 e. The number of alkyl halides is 2. The number of ether oxygens (including phenoxy) is 1. The molecular formula is C13H18ClF2NO. The molecule has 2 rings (SSSR count). The molecule has 18 heavy (non-hydrogen) atoms. The maximum atomic E-state index is 13.5. The summed E-state index contributed by atoms with van der Waals surface area (Å²) in [6.45, 7) is 2.15. The van der Waals surface area contributed by atoms with Crippen molar-refractivity contribution >= 4 is 12.4 Å². The molecule has 0 aromatic heterocycles. The summed E-state index contributed by atoms with van der Waals surface area (Å²) in [4.78, 5) is 0. The molecule has 0 spiro atoms. The van der Waals surface area contributed by atoms with E-state index in [4.69, 9.17) is 4.74 Å². The number of piperidine rings is 1. The van der Waals surface area contributed by atoms with Gasteiger partial charge in [-0.2, -0.15) is 0 Å². The van der Waals surface area contributed by atoms with Gasteiger partial charge in [-0.3, -0.25) is 0 Å². The summed E-state index contributed by atoms with van der Waals surface area (Å²) in [5.74, 6) is -1.90. The number of methoxy groups -OCH3 is 1. The van der Waals surface area contributed by atoms with Gasteiger partial charge in [0.25, 0.3) is 5.92 Å². The van der Waals surface area contributed by atoms with Crippen molar-refractivity contribution in [1.82, 2.24) is 5.32 Å². The second-order valence-corrected chi connectivity index (χ2v) is 4.77. The predicted molar refractivity (Wildman–Crippen MR) is 69.8 cm³/mol. The highest BCUT2D eigenvalue weighted by atomic mass is 35.5. The van der Waals surface area contributed by atoms with E-state index in [0.29, 0.717) is 12.3 Å². The summed E-state index contributed by atoms with van der Waals surface area (Å²) >= 11 is 0. The minimum atomic E-state index is -2.59. The van der Waals surface area contributed by atoms with E-state index in [2.05, 4.69) is 5.32 Å². The first kappa shape index (κ1) is 15.2. The zero-order valence-electron chi connectivity index (χ0n) is 10.5. The van der Waals surface area contributed by atoms with E-state index in [1.54, 1.807) is 7.11 Å². The Balaban J connectivity index is 0.00000162. The van der Waals surface area contributed by atoms with Crippen molar-refractivity contribution < 1.29 is 13.5 Å². The third kappa shape index (κ3) is 3.12. The molecule has 1 saturated heterocycles. The maximum absolute atomic E-state index is 13.5. The zero-order valence-corrected chi connectivity index (χ0v) is 11.3. The van der Waals surface area contributed by atoms with E-state index in [9.17, 15) is 8.78 Å². The molecular weight excluding hydrogens is 260 g/mol. The van der Waals surface area contributed by atoms with Gasteiger partial charge in [0.2, 0.25) is 0 Å². The number of hydrogen-bond acceptors (Lipinski definition) is 2. The van der Waals surface area contributed by atoms with Gasteiger partial charge in [-0.1, -0.05) is 12.1 Å². The molecule has 1 aromatic carbocycles. The average molecular weight is 278 g/mol. The summed E-state index contributed by atoms with van der Waals surface area (Å²) in [7, 11) is 1.57. The van der Waals surface area contributed by atoms with Crippen LogP contribution in [0.4, 0.5) is 8.78 Å². The molecule has 1 fully saturated rings. The summed E-state index contributed by atoms with van der Waals surface area (Å²) < 4.78 is 32.1. The van der Waals surface area contributed by atoms with Crippen LogP contribution in [0.2, 0.25) is 0 Å². The fraction of sp³-hybridized carbons (Fsp3) is 0.538. The van der Waals surface area contributed by atoms with Crippen LogP contribution in [-0.2, 0) is 5.54 Å². The summed E-state index contributed by atoms with van der Waals surface area (Å²) in [5.41, 5.74) is 0.159. The first-order chi connectivity index (χ1) is 7.95. The molecule has 0 radical (unpaired) electrons. The number of halogens is 3. The second-order valence-electron chi connectivity index (χ2n) is 4.77. The normalized spacial score (nSPS) is 26.2. The molecule has 1 N–H and O–H groups in total. The van der Waals surface area contributed by atoms with Gasteiger partial charge in [-0.05, 0) is 24.6 Å². The van der Waals surface area contributed by atoms with Crippen molar-refractivity contribution in [2.24, 2.45) is 0 Å². The molecule has 102 valence electrons. The molecule has 5 heteroatoms. The Hall–Kier alpha value is -0.870. The smallest absolute Gasteiger partial charge is 0.251 e. The van der Waals surface area contributed by atoms with Crippen LogP contribution in [-0.4, -0.2) is 19.6 Å². The van der Waals surface area contributed by atoms with Crippen LogP contribution in [0.5, 0.6) is 5.75 Å². The molecule has 0 saturated carbocycles. The Morgan fingerprint density at radius 3 is 2.67 bits per heavy atom. The van der Waals surface area contributed by atoms with Crippen molar-refractivity contribution in [2.75, 3.05) is 13.7 Å². The standard InChI is InChI=1S/C13H17F2NO.ClH/c1-12(9-13(14,15)6-7-16-12)10-4-3-5-11(8-10)17-2;/h3-5,8,16H,6-7,9H2,1-2H3;1H. The molecule has 2 nitrogen and oxygen atoms in total.